The first kappa shape index (κ1) is 16.0. The van der Waals surface area contributed by atoms with Crippen molar-refractivity contribution in [3.63, 3.8) is 0 Å². The van der Waals surface area contributed by atoms with Gasteiger partial charge in [0.05, 0.1) is 11.6 Å². The lowest BCUT2D eigenvalue weighted by molar-refractivity contribution is -0.117. The molecule has 0 bridgehead atoms. The van der Waals surface area contributed by atoms with Crippen LogP contribution >= 0.6 is 23.2 Å². The molecule has 0 aliphatic heterocycles. The molecule has 1 aliphatic rings. The molecule has 1 amide bonds. The minimum Gasteiger partial charge on any atom is -0.325 e. The minimum atomic E-state index is -0.201. The van der Waals surface area contributed by atoms with Crippen LogP contribution in [0.15, 0.2) is 53.5 Å². The average molecular weight is 347 g/mol. The maximum Gasteiger partial charge on any atom is 0.233 e. The zero-order valence-electron chi connectivity index (χ0n) is 12.4. The van der Waals surface area contributed by atoms with Crippen molar-refractivity contribution in [1.82, 2.24) is 0 Å². The molecule has 2 aromatic rings. The van der Waals surface area contributed by atoms with Gasteiger partial charge in [-0.05, 0) is 55.7 Å². The summed E-state index contributed by atoms with van der Waals surface area (Å²) in [7, 11) is 0. The van der Waals surface area contributed by atoms with E-state index < -0.39 is 0 Å². The van der Waals surface area contributed by atoms with Crippen LogP contribution in [0.5, 0.6) is 0 Å². The van der Waals surface area contributed by atoms with E-state index in [2.05, 4.69) is 10.3 Å². The van der Waals surface area contributed by atoms with E-state index in [9.17, 15) is 4.79 Å². The lowest BCUT2D eigenvalue weighted by atomic mass is 10.1. The van der Waals surface area contributed by atoms with Crippen LogP contribution in [0.2, 0.25) is 10.0 Å². The number of halogens is 2. The Balaban J connectivity index is 1.77. The van der Waals surface area contributed by atoms with Gasteiger partial charge in [-0.25, -0.2) is 0 Å². The van der Waals surface area contributed by atoms with Gasteiger partial charge < -0.3 is 5.32 Å². The van der Waals surface area contributed by atoms with Crippen LogP contribution < -0.4 is 5.32 Å². The highest BCUT2D eigenvalue weighted by molar-refractivity contribution is 6.31. The van der Waals surface area contributed by atoms with Gasteiger partial charge in [0, 0.05) is 21.4 Å². The molecule has 23 heavy (non-hydrogen) atoms. The molecule has 1 aliphatic carbocycles. The highest BCUT2D eigenvalue weighted by Gasteiger charge is 2.29. The number of benzene rings is 2. The van der Waals surface area contributed by atoms with Gasteiger partial charge in [-0.1, -0.05) is 35.3 Å². The van der Waals surface area contributed by atoms with Crippen molar-refractivity contribution >= 4 is 46.2 Å². The number of anilines is 1. The van der Waals surface area contributed by atoms with Gasteiger partial charge in [-0.15, -0.1) is 0 Å². The Labute approximate surface area is 145 Å². The molecule has 118 valence electrons. The second kappa shape index (κ2) is 7.16. The predicted octanol–water partition coefficient (Wildman–Crippen LogP) is 5.50. The standard InChI is InChI=1S/C18H16Cl2N2O/c19-12-4-1-6-14(10-12)21-17-9-3-8-16(17)18(23)22-15-7-2-5-13(20)11-15/h1-2,4-7,10-11,16H,3,8-9H2,(H,22,23)/t16-/m0/s1. The zero-order valence-corrected chi connectivity index (χ0v) is 13.9. The lowest BCUT2D eigenvalue weighted by Crippen LogP contribution is -2.25. The van der Waals surface area contributed by atoms with Crippen LogP contribution in [0.1, 0.15) is 19.3 Å². The van der Waals surface area contributed by atoms with Crippen LogP contribution in [0.4, 0.5) is 11.4 Å². The normalized spacial score (nSPS) is 19.0. The summed E-state index contributed by atoms with van der Waals surface area (Å²) in [5, 5.41) is 4.16. The summed E-state index contributed by atoms with van der Waals surface area (Å²) in [6.45, 7) is 0. The number of nitrogens with one attached hydrogen (secondary N) is 1. The number of carbonyl (C=O) groups excluding carboxylic acids is 1. The van der Waals surface area contributed by atoms with Crippen molar-refractivity contribution in [2.75, 3.05) is 5.32 Å². The third kappa shape index (κ3) is 4.12. The Morgan fingerprint density at radius 3 is 2.57 bits per heavy atom. The number of hydrogen-bond acceptors (Lipinski definition) is 2. The summed E-state index contributed by atoms with van der Waals surface area (Å²) in [6, 6.07) is 14.5. The van der Waals surface area contributed by atoms with Crippen molar-refractivity contribution in [2.45, 2.75) is 19.3 Å². The number of carbonyl (C=O) groups is 1. The van der Waals surface area contributed by atoms with E-state index in [1.165, 1.54) is 0 Å². The molecular formula is C18H16Cl2N2O. The predicted molar refractivity (Wildman–Crippen MR) is 96.0 cm³/mol. The number of aliphatic imine (C=N–C) groups is 1. The minimum absolute atomic E-state index is 0.0365. The van der Waals surface area contributed by atoms with Gasteiger partial charge in [-0.3, -0.25) is 9.79 Å². The molecule has 0 saturated heterocycles. The van der Waals surface area contributed by atoms with Crippen LogP contribution in [0, 0.1) is 5.92 Å². The van der Waals surface area contributed by atoms with E-state index in [-0.39, 0.29) is 11.8 Å². The molecule has 1 fully saturated rings. The molecular weight excluding hydrogens is 331 g/mol. The van der Waals surface area contributed by atoms with Gasteiger partial charge in [0.2, 0.25) is 5.91 Å². The number of hydrogen-bond donors (Lipinski definition) is 1. The average Bonchev–Trinajstić information content (AvgIpc) is 2.95. The Morgan fingerprint density at radius 1 is 1.09 bits per heavy atom. The molecule has 1 N–H and O–H groups in total. The summed E-state index contributed by atoms with van der Waals surface area (Å²) < 4.78 is 0. The van der Waals surface area contributed by atoms with E-state index in [4.69, 9.17) is 23.2 Å². The van der Waals surface area contributed by atoms with Crippen molar-refractivity contribution in [3.05, 3.63) is 58.6 Å². The second-order valence-electron chi connectivity index (χ2n) is 5.53. The molecule has 0 unspecified atom stereocenters. The van der Waals surface area contributed by atoms with Crippen molar-refractivity contribution < 1.29 is 4.79 Å². The molecule has 2 aromatic carbocycles. The molecule has 1 atom stereocenters. The maximum atomic E-state index is 12.5. The lowest BCUT2D eigenvalue weighted by Gasteiger charge is -2.12. The van der Waals surface area contributed by atoms with Crippen LogP contribution in [0.25, 0.3) is 0 Å². The number of rotatable bonds is 3. The molecule has 3 rings (SSSR count). The fourth-order valence-corrected chi connectivity index (χ4v) is 3.13. The third-order valence-electron chi connectivity index (χ3n) is 3.82. The van der Waals surface area contributed by atoms with Gasteiger partial charge in [0.25, 0.3) is 0 Å². The largest absolute Gasteiger partial charge is 0.325 e. The van der Waals surface area contributed by atoms with Gasteiger partial charge >= 0.3 is 0 Å². The first-order chi connectivity index (χ1) is 11.1. The molecule has 0 radical (unpaired) electrons. The molecule has 0 aromatic heterocycles. The third-order valence-corrected chi connectivity index (χ3v) is 4.29. The van der Waals surface area contributed by atoms with E-state index in [0.717, 1.165) is 30.7 Å². The molecule has 5 heteroatoms. The van der Waals surface area contributed by atoms with Crippen molar-refractivity contribution in [2.24, 2.45) is 10.9 Å². The first-order valence-electron chi connectivity index (χ1n) is 7.51. The summed E-state index contributed by atoms with van der Waals surface area (Å²) >= 11 is 11.9. The molecule has 3 nitrogen and oxygen atoms in total. The highest BCUT2D eigenvalue weighted by Crippen LogP contribution is 2.28. The maximum absolute atomic E-state index is 12.5. The summed E-state index contributed by atoms with van der Waals surface area (Å²) in [6.07, 6.45) is 2.61. The summed E-state index contributed by atoms with van der Waals surface area (Å²) in [5.41, 5.74) is 2.40. The Bertz CT molecular complexity index is 758. The molecule has 0 spiro atoms. The van der Waals surface area contributed by atoms with Crippen molar-refractivity contribution in [1.29, 1.82) is 0 Å². The van der Waals surface area contributed by atoms with Gasteiger partial charge in [-0.2, -0.15) is 0 Å². The summed E-state index contributed by atoms with van der Waals surface area (Å²) in [4.78, 5) is 17.2. The topological polar surface area (TPSA) is 41.5 Å². The number of amides is 1. The second-order valence-corrected chi connectivity index (χ2v) is 6.40. The Hall–Kier alpha value is -1.84. The fourth-order valence-electron chi connectivity index (χ4n) is 2.75. The van der Waals surface area contributed by atoms with Crippen LogP contribution in [0.3, 0.4) is 0 Å². The van der Waals surface area contributed by atoms with Gasteiger partial charge in [0.15, 0.2) is 0 Å². The van der Waals surface area contributed by atoms with Crippen LogP contribution in [-0.2, 0) is 4.79 Å². The number of nitrogens with zero attached hydrogens (tertiary/aromatic N) is 1. The zero-order chi connectivity index (χ0) is 16.2. The quantitative estimate of drug-likeness (QED) is 0.782. The molecule has 1 saturated carbocycles. The Kier molecular flexibility index (Phi) is 4.99. The monoisotopic (exact) mass is 346 g/mol. The van der Waals surface area contributed by atoms with E-state index in [1.54, 1.807) is 18.2 Å². The van der Waals surface area contributed by atoms with E-state index in [0.29, 0.717) is 15.7 Å². The Morgan fingerprint density at radius 2 is 1.83 bits per heavy atom. The summed E-state index contributed by atoms with van der Waals surface area (Å²) in [5.74, 6) is -0.237. The highest BCUT2D eigenvalue weighted by atomic mass is 35.5. The van der Waals surface area contributed by atoms with Crippen LogP contribution in [-0.4, -0.2) is 11.6 Å². The van der Waals surface area contributed by atoms with E-state index in [1.807, 2.05) is 30.3 Å². The first-order valence-corrected chi connectivity index (χ1v) is 8.27. The van der Waals surface area contributed by atoms with Gasteiger partial charge in [0.1, 0.15) is 0 Å². The SMILES string of the molecule is O=C(Nc1cccc(Cl)c1)[C@H]1CCCC1=Nc1cccc(Cl)c1. The smallest absolute Gasteiger partial charge is 0.233 e. The van der Waals surface area contributed by atoms with Crippen molar-refractivity contribution in [3.8, 4) is 0 Å². The van der Waals surface area contributed by atoms with E-state index >= 15 is 0 Å². The molecule has 0 heterocycles. The fraction of sp³-hybridized carbons (Fsp3) is 0.222.